The van der Waals surface area contributed by atoms with Crippen molar-refractivity contribution in [2.45, 2.75) is 31.8 Å². The number of halogens is 1. The number of rotatable bonds is 5. The number of carboxylic acid groups (broad SMARTS) is 1. The van der Waals surface area contributed by atoms with Gasteiger partial charge in [0.1, 0.15) is 11.9 Å². The molecule has 1 aromatic rings. The van der Waals surface area contributed by atoms with Crippen molar-refractivity contribution in [3.63, 3.8) is 0 Å². The molecule has 0 bridgehead atoms. The highest BCUT2D eigenvalue weighted by molar-refractivity contribution is 5.99. The topological polar surface area (TPSA) is 60.9 Å². The van der Waals surface area contributed by atoms with E-state index in [4.69, 9.17) is 0 Å². The van der Waals surface area contributed by atoms with E-state index in [1.54, 1.807) is 37.1 Å². The predicted molar refractivity (Wildman–Crippen MR) is 76.6 cm³/mol. The van der Waals surface area contributed by atoms with Crippen molar-refractivity contribution in [1.82, 2.24) is 4.90 Å². The smallest absolute Gasteiger partial charge is 0.320 e. The summed E-state index contributed by atoms with van der Waals surface area (Å²) in [6.07, 6.45) is 0.906. The number of benzene rings is 1. The fraction of sp³-hybridized carbons (Fsp3) is 0.467. The number of carbonyl (C=O) groups excluding carboxylic acids is 1. The molecule has 0 saturated carbocycles. The van der Waals surface area contributed by atoms with Crippen LogP contribution in [0.15, 0.2) is 24.3 Å². The minimum atomic E-state index is -0.947. The maximum absolute atomic E-state index is 13.8. The molecule has 21 heavy (non-hydrogen) atoms. The second-order valence-electron chi connectivity index (χ2n) is 5.17. The molecule has 6 heteroatoms. The lowest BCUT2D eigenvalue weighted by Gasteiger charge is -2.28. The van der Waals surface area contributed by atoms with Gasteiger partial charge in [-0.3, -0.25) is 14.5 Å². The Bertz CT molecular complexity index is 549. The molecule has 114 valence electrons. The average molecular weight is 294 g/mol. The molecule has 1 aliphatic heterocycles. The molecule has 0 aromatic heterocycles. The summed E-state index contributed by atoms with van der Waals surface area (Å²) in [4.78, 5) is 26.7. The molecular formula is C15H19FN2O3. The van der Waals surface area contributed by atoms with E-state index in [0.717, 1.165) is 0 Å². The Morgan fingerprint density at radius 2 is 2.19 bits per heavy atom. The number of anilines is 1. The minimum Gasteiger partial charge on any atom is -0.480 e. The zero-order valence-corrected chi connectivity index (χ0v) is 12.1. The highest BCUT2D eigenvalue weighted by Crippen LogP contribution is 2.27. The molecule has 2 rings (SSSR count). The molecule has 1 saturated heterocycles. The lowest BCUT2D eigenvalue weighted by Crippen LogP contribution is -2.48. The molecule has 1 fully saturated rings. The van der Waals surface area contributed by atoms with Crippen LogP contribution in [0.25, 0.3) is 0 Å². The Morgan fingerprint density at radius 3 is 2.76 bits per heavy atom. The fourth-order valence-electron chi connectivity index (χ4n) is 2.81. The Hall–Kier alpha value is -1.95. The zero-order chi connectivity index (χ0) is 15.6. The number of amides is 1. The number of hydrogen-bond donors (Lipinski definition) is 1. The van der Waals surface area contributed by atoms with Gasteiger partial charge in [0.25, 0.3) is 0 Å². The van der Waals surface area contributed by atoms with Crippen LogP contribution in [0.2, 0.25) is 0 Å². The van der Waals surface area contributed by atoms with Crippen molar-refractivity contribution in [3.8, 4) is 0 Å². The van der Waals surface area contributed by atoms with Gasteiger partial charge in [0.2, 0.25) is 5.91 Å². The van der Waals surface area contributed by atoms with Gasteiger partial charge in [0.15, 0.2) is 0 Å². The predicted octanol–water partition coefficient (Wildman–Crippen LogP) is 1.73. The van der Waals surface area contributed by atoms with Crippen molar-refractivity contribution in [1.29, 1.82) is 0 Å². The van der Waals surface area contributed by atoms with E-state index in [2.05, 4.69) is 0 Å². The molecule has 0 spiro atoms. The van der Waals surface area contributed by atoms with Gasteiger partial charge >= 0.3 is 5.97 Å². The van der Waals surface area contributed by atoms with E-state index in [0.29, 0.717) is 19.4 Å². The minimum absolute atomic E-state index is 0.248. The maximum atomic E-state index is 13.8. The molecule has 1 aliphatic rings. The summed E-state index contributed by atoms with van der Waals surface area (Å²) in [6, 6.07) is 4.88. The molecule has 0 radical (unpaired) electrons. The third-order valence-corrected chi connectivity index (χ3v) is 3.98. The van der Waals surface area contributed by atoms with Crippen LogP contribution in [0.1, 0.15) is 19.8 Å². The van der Waals surface area contributed by atoms with Crippen molar-refractivity contribution in [2.24, 2.45) is 0 Å². The normalized spacial score (nSPS) is 20.1. The number of aliphatic carboxylic acids is 1. The second-order valence-corrected chi connectivity index (χ2v) is 5.17. The van der Waals surface area contributed by atoms with Crippen molar-refractivity contribution < 1.29 is 19.1 Å². The first-order valence-corrected chi connectivity index (χ1v) is 6.98. The number of nitrogens with zero attached hydrogens (tertiary/aromatic N) is 2. The summed E-state index contributed by atoms with van der Waals surface area (Å²) < 4.78 is 13.8. The van der Waals surface area contributed by atoms with E-state index in [9.17, 15) is 19.1 Å². The van der Waals surface area contributed by atoms with Crippen molar-refractivity contribution >= 4 is 17.6 Å². The van der Waals surface area contributed by atoms with Gasteiger partial charge in [-0.15, -0.1) is 0 Å². The highest BCUT2D eigenvalue weighted by Gasteiger charge is 2.39. The van der Waals surface area contributed by atoms with Crippen LogP contribution >= 0.6 is 0 Å². The van der Waals surface area contributed by atoms with E-state index in [-0.39, 0.29) is 11.6 Å². The van der Waals surface area contributed by atoms with Gasteiger partial charge < -0.3 is 10.0 Å². The van der Waals surface area contributed by atoms with Gasteiger partial charge in [0.05, 0.1) is 11.7 Å². The second kappa shape index (κ2) is 6.22. The van der Waals surface area contributed by atoms with Crippen LogP contribution in [0.3, 0.4) is 0 Å². The van der Waals surface area contributed by atoms with Crippen LogP contribution in [-0.2, 0) is 9.59 Å². The summed E-state index contributed by atoms with van der Waals surface area (Å²) in [5, 5.41) is 9.19. The third-order valence-electron chi connectivity index (χ3n) is 3.98. The number of likely N-dealkylation sites (N-methyl/N-ethyl adjacent to an activating group) is 1. The molecule has 2 atom stereocenters. The number of carboxylic acids is 1. The lowest BCUT2D eigenvalue weighted by molar-refractivity contribution is -0.144. The highest BCUT2D eigenvalue weighted by atomic mass is 19.1. The summed E-state index contributed by atoms with van der Waals surface area (Å²) >= 11 is 0. The molecule has 1 aromatic carbocycles. The van der Waals surface area contributed by atoms with Gasteiger partial charge in [-0.1, -0.05) is 19.1 Å². The first kappa shape index (κ1) is 15.4. The third kappa shape index (κ3) is 2.90. The molecule has 1 N–H and O–H groups in total. The van der Waals surface area contributed by atoms with Gasteiger partial charge in [-0.2, -0.15) is 0 Å². The van der Waals surface area contributed by atoms with E-state index >= 15 is 0 Å². The Kier molecular flexibility index (Phi) is 4.57. The van der Waals surface area contributed by atoms with Crippen LogP contribution in [0.5, 0.6) is 0 Å². The van der Waals surface area contributed by atoms with Gasteiger partial charge in [-0.25, -0.2) is 4.39 Å². The van der Waals surface area contributed by atoms with E-state index in [1.807, 2.05) is 0 Å². The standard InChI is InChI=1S/C15H19FN2O3/c1-3-11(15(20)21)17(2)13-8-9-18(14(13)19)12-7-5-4-6-10(12)16/h4-7,11,13H,3,8-9H2,1-2H3,(H,20,21). The Labute approximate surface area is 123 Å². The van der Waals surface area contributed by atoms with Crippen molar-refractivity contribution in [3.05, 3.63) is 30.1 Å². The quantitative estimate of drug-likeness (QED) is 0.898. The first-order chi connectivity index (χ1) is 9.97. The number of hydrogen-bond acceptors (Lipinski definition) is 3. The lowest BCUT2D eigenvalue weighted by atomic mass is 10.1. The van der Waals surface area contributed by atoms with Gasteiger partial charge in [0, 0.05) is 6.54 Å². The molecular weight excluding hydrogens is 275 g/mol. The Morgan fingerprint density at radius 1 is 1.52 bits per heavy atom. The summed E-state index contributed by atoms with van der Waals surface area (Å²) in [7, 11) is 1.63. The summed E-state index contributed by atoms with van der Waals surface area (Å²) in [6.45, 7) is 2.16. The fourth-order valence-corrected chi connectivity index (χ4v) is 2.81. The molecule has 5 nitrogen and oxygen atoms in total. The van der Waals surface area contributed by atoms with Gasteiger partial charge in [-0.05, 0) is 32.0 Å². The largest absolute Gasteiger partial charge is 0.480 e. The molecule has 0 aliphatic carbocycles. The summed E-state index contributed by atoms with van der Waals surface area (Å²) in [5.74, 6) is -1.64. The molecule has 1 amide bonds. The Balaban J connectivity index is 2.19. The number of para-hydroxylation sites is 1. The van der Waals surface area contributed by atoms with Crippen LogP contribution in [0.4, 0.5) is 10.1 Å². The number of carbonyl (C=O) groups is 2. The van der Waals surface area contributed by atoms with Crippen LogP contribution in [-0.4, -0.2) is 47.6 Å². The zero-order valence-electron chi connectivity index (χ0n) is 12.1. The van der Waals surface area contributed by atoms with Crippen molar-refractivity contribution in [2.75, 3.05) is 18.5 Å². The maximum Gasteiger partial charge on any atom is 0.320 e. The first-order valence-electron chi connectivity index (χ1n) is 6.98. The molecule has 2 unspecified atom stereocenters. The van der Waals surface area contributed by atoms with E-state index in [1.165, 1.54) is 11.0 Å². The molecule has 1 heterocycles. The SMILES string of the molecule is CCC(C(=O)O)N(C)C1CCN(c2ccccc2F)C1=O. The van der Waals surface area contributed by atoms with E-state index < -0.39 is 23.9 Å². The summed E-state index contributed by atoms with van der Waals surface area (Å²) in [5.41, 5.74) is 0.252. The van der Waals surface area contributed by atoms with Crippen LogP contribution in [0, 0.1) is 5.82 Å². The monoisotopic (exact) mass is 294 g/mol. The average Bonchev–Trinajstić information content (AvgIpc) is 2.81. The van der Waals surface area contributed by atoms with Crippen LogP contribution < -0.4 is 4.90 Å².